The number of aromatic nitrogens is 3. The summed E-state index contributed by atoms with van der Waals surface area (Å²) >= 11 is 0. The van der Waals surface area contributed by atoms with Crippen molar-refractivity contribution in [2.24, 2.45) is 5.92 Å². The molecule has 2 aromatic rings. The Bertz CT molecular complexity index is 984. The molecule has 1 amide bonds. The van der Waals surface area contributed by atoms with Gasteiger partial charge in [-0.05, 0) is 18.1 Å². The molecule has 2 fully saturated rings. The van der Waals surface area contributed by atoms with Gasteiger partial charge in [-0.1, -0.05) is 26.0 Å². The molecule has 0 saturated carbocycles. The van der Waals surface area contributed by atoms with Gasteiger partial charge in [-0.15, -0.1) is 0 Å². The molecule has 162 valence electrons. The second-order valence-corrected chi connectivity index (χ2v) is 8.50. The number of fused-ring (bicyclic) bond motifs is 3. The topological polar surface area (TPSA) is 98.3 Å². The number of anilines is 4. The lowest BCUT2D eigenvalue weighted by atomic mass is 9.94. The van der Waals surface area contributed by atoms with Gasteiger partial charge < -0.3 is 25.8 Å². The van der Waals surface area contributed by atoms with Crippen LogP contribution >= 0.6 is 0 Å². The molecule has 9 heteroatoms. The van der Waals surface area contributed by atoms with Crippen LogP contribution in [0.3, 0.4) is 0 Å². The second kappa shape index (κ2) is 8.14. The van der Waals surface area contributed by atoms with Gasteiger partial charge in [0.15, 0.2) is 0 Å². The molecular weight excluding hydrogens is 392 g/mol. The van der Waals surface area contributed by atoms with Crippen LogP contribution in [0.5, 0.6) is 0 Å². The molecule has 0 bridgehead atoms. The number of hydrogen-bond acceptors (Lipinski definition) is 8. The Morgan fingerprint density at radius 2 is 2.00 bits per heavy atom. The van der Waals surface area contributed by atoms with Gasteiger partial charge in [0.25, 0.3) is 0 Å². The van der Waals surface area contributed by atoms with Crippen molar-refractivity contribution in [3.8, 4) is 0 Å². The largest absolute Gasteiger partial charge is 0.368 e. The molecule has 0 spiro atoms. The van der Waals surface area contributed by atoms with Gasteiger partial charge in [-0.2, -0.15) is 4.98 Å². The standard InChI is InChI=1S/C22H28N8O/c1-14(2)18-13-25-21(31)17-5-3-15-11-26-22(28-20(15)30(17)18)27-19-6-4-16(12-24-19)29-9-7-23-8-10-29/h3-6,11-12,14,17-18,23H,7-10,13H2,1-2H3,(H,25,31)(H,24,26,27,28)/t17?,18-/m1/s1. The lowest BCUT2D eigenvalue weighted by Gasteiger charge is -2.45. The second-order valence-electron chi connectivity index (χ2n) is 8.50. The summed E-state index contributed by atoms with van der Waals surface area (Å²) in [6.45, 7) is 8.90. The zero-order valence-corrected chi connectivity index (χ0v) is 17.9. The summed E-state index contributed by atoms with van der Waals surface area (Å²) in [4.78, 5) is 30.7. The molecule has 2 aromatic heterocycles. The molecular formula is C22H28N8O. The number of amides is 1. The minimum absolute atomic E-state index is 0.0112. The van der Waals surface area contributed by atoms with E-state index in [9.17, 15) is 4.79 Å². The minimum atomic E-state index is -0.340. The molecule has 5 heterocycles. The van der Waals surface area contributed by atoms with Crippen LogP contribution in [-0.2, 0) is 4.79 Å². The van der Waals surface area contributed by atoms with E-state index in [1.165, 1.54) is 0 Å². The Morgan fingerprint density at radius 3 is 2.74 bits per heavy atom. The Labute approximate surface area is 182 Å². The van der Waals surface area contributed by atoms with Crippen LogP contribution < -0.4 is 25.8 Å². The SMILES string of the molecule is CC(C)[C@H]1CNC(=O)C2C=Cc3cnc(Nc4ccc(N5CCNCC5)cn4)nc3N21. The van der Waals surface area contributed by atoms with E-state index in [1.807, 2.05) is 24.4 Å². The maximum Gasteiger partial charge on any atom is 0.246 e. The molecule has 2 atom stereocenters. The average molecular weight is 421 g/mol. The number of piperazine rings is 2. The van der Waals surface area contributed by atoms with Crippen LogP contribution in [0.25, 0.3) is 6.08 Å². The summed E-state index contributed by atoms with van der Waals surface area (Å²) in [6, 6.07) is 3.86. The van der Waals surface area contributed by atoms with E-state index < -0.39 is 0 Å². The average Bonchev–Trinajstić information content (AvgIpc) is 2.80. The number of carbonyl (C=O) groups excluding carboxylic acids is 1. The number of rotatable bonds is 4. The van der Waals surface area contributed by atoms with Crippen molar-refractivity contribution in [1.82, 2.24) is 25.6 Å². The van der Waals surface area contributed by atoms with Gasteiger partial charge in [0.2, 0.25) is 11.9 Å². The predicted molar refractivity (Wildman–Crippen MR) is 122 cm³/mol. The highest BCUT2D eigenvalue weighted by molar-refractivity contribution is 5.92. The van der Waals surface area contributed by atoms with E-state index in [-0.39, 0.29) is 18.0 Å². The first-order valence-electron chi connectivity index (χ1n) is 10.9. The third kappa shape index (κ3) is 3.81. The highest BCUT2D eigenvalue weighted by Gasteiger charge is 2.39. The predicted octanol–water partition coefficient (Wildman–Crippen LogP) is 1.38. The van der Waals surface area contributed by atoms with Crippen molar-refractivity contribution >= 4 is 35.3 Å². The first-order valence-corrected chi connectivity index (χ1v) is 10.9. The number of hydrogen-bond donors (Lipinski definition) is 3. The molecule has 2 saturated heterocycles. The molecule has 3 N–H and O–H groups in total. The van der Waals surface area contributed by atoms with Gasteiger partial charge in [-0.3, -0.25) is 4.79 Å². The number of nitrogens with zero attached hydrogens (tertiary/aromatic N) is 5. The Morgan fingerprint density at radius 1 is 1.16 bits per heavy atom. The van der Waals surface area contributed by atoms with E-state index in [0.717, 1.165) is 43.2 Å². The maximum absolute atomic E-state index is 12.5. The van der Waals surface area contributed by atoms with Crippen molar-refractivity contribution in [3.63, 3.8) is 0 Å². The van der Waals surface area contributed by atoms with E-state index in [4.69, 9.17) is 4.98 Å². The van der Waals surface area contributed by atoms with Crippen molar-refractivity contribution in [2.45, 2.75) is 25.9 Å². The fraction of sp³-hybridized carbons (Fsp3) is 0.455. The summed E-state index contributed by atoms with van der Waals surface area (Å²) in [6.07, 6.45) is 7.55. The van der Waals surface area contributed by atoms with Gasteiger partial charge >= 0.3 is 0 Å². The normalized spacial score (nSPS) is 22.7. The van der Waals surface area contributed by atoms with Crippen LogP contribution in [0, 0.1) is 5.92 Å². The molecule has 0 aromatic carbocycles. The van der Waals surface area contributed by atoms with Gasteiger partial charge in [-0.25, -0.2) is 9.97 Å². The van der Waals surface area contributed by atoms with Crippen molar-refractivity contribution < 1.29 is 4.79 Å². The molecule has 31 heavy (non-hydrogen) atoms. The third-order valence-corrected chi connectivity index (χ3v) is 6.15. The lowest BCUT2D eigenvalue weighted by Crippen LogP contribution is -2.62. The number of carbonyl (C=O) groups is 1. The zero-order valence-electron chi connectivity index (χ0n) is 17.9. The van der Waals surface area contributed by atoms with E-state index in [1.54, 1.807) is 6.20 Å². The molecule has 9 nitrogen and oxygen atoms in total. The Balaban J connectivity index is 1.39. The summed E-state index contributed by atoms with van der Waals surface area (Å²) in [7, 11) is 0. The van der Waals surface area contributed by atoms with E-state index in [0.29, 0.717) is 24.2 Å². The van der Waals surface area contributed by atoms with Gasteiger partial charge in [0, 0.05) is 44.5 Å². The highest BCUT2D eigenvalue weighted by atomic mass is 16.2. The zero-order chi connectivity index (χ0) is 21.4. The molecule has 0 aliphatic carbocycles. The van der Waals surface area contributed by atoms with E-state index in [2.05, 4.69) is 55.6 Å². The summed E-state index contributed by atoms with van der Waals surface area (Å²) in [5, 5.41) is 9.60. The smallest absolute Gasteiger partial charge is 0.246 e. The van der Waals surface area contributed by atoms with Crippen LogP contribution in [0.15, 0.2) is 30.6 Å². The van der Waals surface area contributed by atoms with Crippen LogP contribution in [0.1, 0.15) is 19.4 Å². The molecule has 3 aliphatic rings. The summed E-state index contributed by atoms with van der Waals surface area (Å²) in [5.41, 5.74) is 2.04. The highest BCUT2D eigenvalue weighted by Crippen LogP contribution is 2.33. The number of nitrogens with one attached hydrogen (secondary N) is 3. The molecule has 5 rings (SSSR count). The maximum atomic E-state index is 12.5. The third-order valence-electron chi connectivity index (χ3n) is 6.15. The molecule has 0 radical (unpaired) electrons. The lowest BCUT2D eigenvalue weighted by molar-refractivity contribution is -0.122. The number of pyridine rings is 1. The van der Waals surface area contributed by atoms with Crippen molar-refractivity contribution in [2.75, 3.05) is 47.8 Å². The van der Waals surface area contributed by atoms with Crippen LogP contribution in [0.4, 0.5) is 23.3 Å². The molecule has 1 unspecified atom stereocenters. The van der Waals surface area contributed by atoms with Gasteiger partial charge in [0.05, 0.1) is 17.9 Å². The fourth-order valence-electron chi connectivity index (χ4n) is 4.41. The first-order chi connectivity index (χ1) is 15.1. The Hall–Kier alpha value is -3.20. The van der Waals surface area contributed by atoms with Gasteiger partial charge in [0.1, 0.15) is 17.7 Å². The Kier molecular flexibility index (Phi) is 5.19. The van der Waals surface area contributed by atoms with Crippen molar-refractivity contribution in [3.05, 3.63) is 36.2 Å². The minimum Gasteiger partial charge on any atom is -0.368 e. The monoisotopic (exact) mass is 420 g/mol. The van der Waals surface area contributed by atoms with E-state index >= 15 is 0 Å². The molecule has 3 aliphatic heterocycles. The van der Waals surface area contributed by atoms with Crippen molar-refractivity contribution in [1.29, 1.82) is 0 Å². The fourth-order valence-corrected chi connectivity index (χ4v) is 4.41. The van der Waals surface area contributed by atoms with Crippen LogP contribution in [-0.4, -0.2) is 65.7 Å². The quantitative estimate of drug-likeness (QED) is 0.683. The summed E-state index contributed by atoms with van der Waals surface area (Å²) in [5.74, 6) is 2.34. The first kappa shape index (κ1) is 19.7. The summed E-state index contributed by atoms with van der Waals surface area (Å²) < 4.78 is 0. The van der Waals surface area contributed by atoms with Crippen LogP contribution in [0.2, 0.25) is 0 Å².